The lowest BCUT2D eigenvalue weighted by Crippen LogP contribution is -2.31. The second-order valence-corrected chi connectivity index (χ2v) is 3.79. The highest BCUT2D eigenvalue weighted by Gasteiger charge is 2.28. The van der Waals surface area contributed by atoms with Crippen molar-refractivity contribution in [2.24, 2.45) is 0 Å². The predicted molar refractivity (Wildman–Crippen MR) is 58.5 cm³/mol. The van der Waals surface area contributed by atoms with Crippen molar-refractivity contribution in [3.63, 3.8) is 0 Å². The minimum atomic E-state index is -0.512. The molecule has 5 heteroatoms. The summed E-state index contributed by atoms with van der Waals surface area (Å²) < 4.78 is 0. The Morgan fingerprint density at radius 1 is 1.44 bits per heavy atom. The molecule has 84 valence electrons. The number of ketones is 1. The van der Waals surface area contributed by atoms with Crippen molar-refractivity contribution in [2.45, 2.75) is 18.9 Å². The lowest BCUT2D eigenvalue weighted by molar-refractivity contribution is -0.385. The molecule has 0 saturated carbocycles. The lowest BCUT2D eigenvalue weighted by atomic mass is 10.0. The van der Waals surface area contributed by atoms with E-state index in [0.717, 1.165) is 19.4 Å². The molecular weight excluding hydrogens is 208 g/mol. The van der Waals surface area contributed by atoms with Crippen LogP contribution in [0.3, 0.4) is 0 Å². The maximum absolute atomic E-state index is 12.0. The Bertz CT molecular complexity index is 425. The number of benzene rings is 1. The molecule has 1 aromatic carbocycles. The van der Waals surface area contributed by atoms with Crippen molar-refractivity contribution in [1.29, 1.82) is 0 Å². The average molecular weight is 220 g/mol. The largest absolute Gasteiger partial charge is 0.307 e. The van der Waals surface area contributed by atoms with Gasteiger partial charge in [0.05, 0.1) is 16.5 Å². The first kappa shape index (κ1) is 10.8. The maximum Gasteiger partial charge on any atom is 0.280 e. The van der Waals surface area contributed by atoms with Crippen molar-refractivity contribution < 1.29 is 9.72 Å². The number of nitro benzene ring substituents is 1. The van der Waals surface area contributed by atoms with Crippen LogP contribution in [0, 0.1) is 10.1 Å². The van der Waals surface area contributed by atoms with Crippen molar-refractivity contribution >= 4 is 11.5 Å². The third kappa shape index (κ3) is 1.94. The van der Waals surface area contributed by atoms with Gasteiger partial charge in [0, 0.05) is 6.07 Å². The molecule has 1 aromatic rings. The smallest absolute Gasteiger partial charge is 0.280 e. The standard InChI is InChI=1S/C11H12N2O3/c14-11(9-5-3-7-12-9)8-4-1-2-6-10(8)13(15)16/h1-2,4,6,9,12H,3,5,7H2. The van der Waals surface area contributed by atoms with Crippen LogP contribution in [0.5, 0.6) is 0 Å². The highest BCUT2D eigenvalue weighted by atomic mass is 16.6. The first-order valence-corrected chi connectivity index (χ1v) is 5.21. The average Bonchev–Trinajstić information content (AvgIpc) is 2.81. The second kappa shape index (κ2) is 4.40. The molecule has 1 aliphatic heterocycles. The Morgan fingerprint density at radius 3 is 2.81 bits per heavy atom. The first-order valence-electron chi connectivity index (χ1n) is 5.21. The number of hydrogen-bond donors (Lipinski definition) is 1. The van der Waals surface area contributed by atoms with E-state index in [2.05, 4.69) is 5.32 Å². The Balaban J connectivity index is 2.32. The topological polar surface area (TPSA) is 72.2 Å². The van der Waals surface area contributed by atoms with Crippen molar-refractivity contribution in [1.82, 2.24) is 5.32 Å². The molecule has 1 saturated heterocycles. The normalized spacial score (nSPS) is 19.6. The number of carbonyl (C=O) groups is 1. The van der Waals surface area contributed by atoms with Gasteiger partial charge in [-0.15, -0.1) is 0 Å². The Hall–Kier alpha value is -1.75. The summed E-state index contributed by atoms with van der Waals surface area (Å²) in [6, 6.07) is 5.83. The lowest BCUT2D eigenvalue weighted by Gasteiger charge is -2.08. The number of hydrogen-bond acceptors (Lipinski definition) is 4. The summed E-state index contributed by atoms with van der Waals surface area (Å²) in [6.07, 6.45) is 1.70. The van der Waals surface area contributed by atoms with E-state index in [1.165, 1.54) is 12.1 Å². The fraction of sp³-hybridized carbons (Fsp3) is 0.364. The number of para-hydroxylation sites is 1. The predicted octanol–water partition coefficient (Wildman–Crippen LogP) is 1.53. The van der Waals surface area contributed by atoms with Crippen molar-refractivity contribution in [2.75, 3.05) is 6.54 Å². The van der Waals surface area contributed by atoms with Crippen LogP contribution >= 0.6 is 0 Å². The van der Waals surface area contributed by atoms with E-state index in [9.17, 15) is 14.9 Å². The summed E-state index contributed by atoms with van der Waals surface area (Å²) in [7, 11) is 0. The summed E-state index contributed by atoms with van der Waals surface area (Å²) in [6.45, 7) is 0.803. The van der Waals surface area contributed by atoms with Crippen LogP contribution in [0.1, 0.15) is 23.2 Å². The van der Waals surface area contributed by atoms with E-state index >= 15 is 0 Å². The molecule has 1 aliphatic rings. The van der Waals surface area contributed by atoms with E-state index < -0.39 is 4.92 Å². The molecule has 1 fully saturated rings. The first-order chi connectivity index (χ1) is 7.70. The number of Topliss-reactive ketones (excluding diaryl/α,β-unsaturated/α-hetero) is 1. The molecule has 1 heterocycles. The van der Waals surface area contributed by atoms with Gasteiger partial charge in [-0.05, 0) is 25.5 Å². The van der Waals surface area contributed by atoms with Gasteiger partial charge in [-0.2, -0.15) is 0 Å². The zero-order valence-electron chi connectivity index (χ0n) is 8.68. The van der Waals surface area contributed by atoms with Crippen LogP contribution in [-0.2, 0) is 0 Å². The van der Waals surface area contributed by atoms with Crippen LogP contribution in [0.25, 0.3) is 0 Å². The summed E-state index contributed by atoms with van der Waals surface area (Å²) in [5.41, 5.74) is 0.0908. The molecule has 1 atom stereocenters. The van der Waals surface area contributed by atoms with E-state index in [1.54, 1.807) is 12.1 Å². The number of rotatable bonds is 3. The third-order valence-corrected chi connectivity index (χ3v) is 2.74. The number of carbonyl (C=O) groups excluding carboxylic acids is 1. The van der Waals surface area contributed by atoms with Crippen LogP contribution < -0.4 is 5.32 Å². The summed E-state index contributed by atoms with van der Waals surface area (Å²) in [4.78, 5) is 22.3. The Labute approximate surface area is 92.6 Å². The number of nitrogens with one attached hydrogen (secondary N) is 1. The minimum Gasteiger partial charge on any atom is -0.307 e. The summed E-state index contributed by atoms with van der Waals surface area (Å²) in [5, 5.41) is 13.8. The fourth-order valence-electron chi connectivity index (χ4n) is 1.94. The second-order valence-electron chi connectivity index (χ2n) is 3.79. The molecule has 0 bridgehead atoms. The minimum absolute atomic E-state index is 0.110. The van der Waals surface area contributed by atoms with E-state index in [4.69, 9.17) is 0 Å². The molecule has 16 heavy (non-hydrogen) atoms. The van der Waals surface area contributed by atoms with Crippen LogP contribution in [0.4, 0.5) is 5.69 Å². The molecule has 2 rings (SSSR count). The quantitative estimate of drug-likeness (QED) is 0.476. The maximum atomic E-state index is 12.0. The summed E-state index contributed by atoms with van der Waals surface area (Å²) >= 11 is 0. The van der Waals surface area contributed by atoms with Gasteiger partial charge in [-0.25, -0.2) is 0 Å². The van der Waals surface area contributed by atoms with Gasteiger partial charge in [0.1, 0.15) is 0 Å². The fourth-order valence-corrected chi connectivity index (χ4v) is 1.94. The number of nitro groups is 1. The summed E-state index contributed by atoms with van der Waals surface area (Å²) in [5.74, 6) is -0.176. The van der Waals surface area contributed by atoms with Gasteiger partial charge >= 0.3 is 0 Å². The molecule has 1 unspecified atom stereocenters. The van der Waals surface area contributed by atoms with Gasteiger partial charge in [0.2, 0.25) is 0 Å². The zero-order valence-corrected chi connectivity index (χ0v) is 8.68. The molecule has 0 amide bonds. The molecule has 0 spiro atoms. The molecule has 0 aromatic heterocycles. The Morgan fingerprint density at radius 2 is 2.19 bits per heavy atom. The molecule has 5 nitrogen and oxygen atoms in total. The SMILES string of the molecule is O=C(c1ccccc1[N+](=O)[O-])C1CCCN1. The molecule has 0 aliphatic carbocycles. The van der Waals surface area contributed by atoms with Gasteiger partial charge in [-0.1, -0.05) is 12.1 Å². The van der Waals surface area contributed by atoms with E-state index in [-0.39, 0.29) is 23.1 Å². The van der Waals surface area contributed by atoms with E-state index in [1.807, 2.05) is 0 Å². The van der Waals surface area contributed by atoms with Crippen LogP contribution in [-0.4, -0.2) is 23.3 Å². The third-order valence-electron chi connectivity index (χ3n) is 2.74. The molecule has 0 radical (unpaired) electrons. The number of nitrogens with zero attached hydrogens (tertiary/aromatic N) is 1. The monoisotopic (exact) mass is 220 g/mol. The van der Waals surface area contributed by atoms with Gasteiger partial charge < -0.3 is 5.32 Å². The zero-order chi connectivity index (χ0) is 11.5. The molecular formula is C11H12N2O3. The van der Waals surface area contributed by atoms with E-state index in [0.29, 0.717) is 0 Å². The highest BCUT2D eigenvalue weighted by molar-refractivity contribution is 6.03. The van der Waals surface area contributed by atoms with Gasteiger partial charge in [0.25, 0.3) is 5.69 Å². The van der Waals surface area contributed by atoms with Gasteiger partial charge in [-0.3, -0.25) is 14.9 Å². The Kier molecular flexibility index (Phi) is 2.96. The highest BCUT2D eigenvalue weighted by Crippen LogP contribution is 2.21. The van der Waals surface area contributed by atoms with Crippen LogP contribution in [0.2, 0.25) is 0 Å². The van der Waals surface area contributed by atoms with Crippen molar-refractivity contribution in [3.05, 3.63) is 39.9 Å². The van der Waals surface area contributed by atoms with Crippen molar-refractivity contribution in [3.8, 4) is 0 Å². The van der Waals surface area contributed by atoms with Gasteiger partial charge in [0.15, 0.2) is 5.78 Å². The molecule has 1 N–H and O–H groups in total. The van der Waals surface area contributed by atoms with Crippen LogP contribution in [0.15, 0.2) is 24.3 Å².